The first-order valence-corrected chi connectivity index (χ1v) is 9.46. The van der Waals surface area contributed by atoms with Crippen molar-refractivity contribution in [3.8, 4) is 5.69 Å². The van der Waals surface area contributed by atoms with Crippen LogP contribution < -0.4 is 5.32 Å². The highest BCUT2D eigenvalue weighted by Crippen LogP contribution is 2.28. The molecule has 0 spiro atoms. The maximum atomic E-state index is 14.6. The predicted octanol–water partition coefficient (Wildman–Crippen LogP) is 4.69. The van der Waals surface area contributed by atoms with Crippen LogP contribution in [0.4, 0.5) is 15.8 Å². The Morgan fingerprint density at radius 3 is 2.75 bits per heavy atom. The zero-order chi connectivity index (χ0) is 19.7. The van der Waals surface area contributed by atoms with E-state index in [4.69, 9.17) is 4.98 Å². The van der Waals surface area contributed by atoms with Crippen molar-refractivity contribution in [2.24, 2.45) is 7.05 Å². The molecule has 0 aliphatic carbocycles. The number of unbranched alkanes of at least 4 members (excludes halogenated alkanes) is 1. The van der Waals surface area contributed by atoms with E-state index in [0.29, 0.717) is 17.2 Å². The normalized spacial score (nSPS) is 11.3. The quantitative estimate of drug-likeness (QED) is 0.529. The number of nitrogens with zero attached hydrogens (tertiary/aromatic N) is 5. The summed E-state index contributed by atoms with van der Waals surface area (Å²) < 4.78 is 18.2. The number of nitrogens with one attached hydrogen (secondary N) is 1. The van der Waals surface area contributed by atoms with E-state index in [1.54, 1.807) is 13.0 Å². The summed E-state index contributed by atoms with van der Waals surface area (Å²) in [5, 5.41) is 7.47. The molecule has 0 radical (unpaired) electrons. The predicted molar refractivity (Wildman–Crippen MR) is 109 cm³/mol. The molecule has 0 saturated heterocycles. The molecule has 7 heteroatoms. The number of aromatic nitrogens is 5. The minimum absolute atomic E-state index is 0.365. The highest BCUT2D eigenvalue weighted by Gasteiger charge is 2.12. The standard InChI is InChI=1S/C21H23FN6/c1-4-5-9-20-25-21-17(7-6-8-19(21)27(20)3)24-15-10-11-18(16(22)12-15)28-13-23-14(2)26-28/h6-8,10-13,24H,4-5,9H2,1-3H3. The molecule has 2 aromatic heterocycles. The number of rotatable bonds is 6. The van der Waals surface area contributed by atoms with E-state index in [9.17, 15) is 4.39 Å². The lowest BCUT2D eigenvalue weighted by Gasteiger charge is -2.09. The summed E-state index contributed by atoms with van der Waals surface area (Å²) in [5.41, 5.74) is 3.84. The third kappa shape index (κ3) is 3.35. The number of hydrogen-bond acceptors (Lipinski definition) is 4. The van der Waals surface area contributed by atoms with Gasteiger partial charge in [-0.2, -0.15) is 5.10 Å². The first-order valence-electron chi connectivity index (χ1n) is 9.46. The second-order valence-electron chi connectivity index (χ2n) is 6.89. The summed E-state index contributed by atoms with van der Waals surface area (Å²) in [6.45, 7) is 3.95. The monoisotopic (exact) mass is 378 g/mol. The first kappa shape index (κ1) is 18.2. The minimum atomic E-state index is -0.369. The summed E-state index contributed by atoms with van der Waals surface area (Å²) in [4.78, 5) is 8.87. The molecule has 28 heavy (non-hydrogen) atoms. The first-order chi connectivity index (χ1) is 13.6. The van der Waals surface area contributed by atoms with E-state index in [2.05, 4.69) is 33.0 Å². The summed E-state index contributed by atoms with van der Waals surface area (Å²) >= 11 is 0. The number of benzene rings is 2. The van der Waals surface area contributed by atoms with Gasteiger partial charge < -0.3 is 9.88 Å². The molecule has 0 saturated carbocycles. The third-order valence-electron chi connectivity index (χ3n) is 4.84. The van der Waals surface area contributed by atoms with Gasteiger partial charge in [-0.3, -0.25) is 0 Å². The maximum Gasteiger partial charge on any atom is 0.150 e. The van der Waals surface area contributed by atoms with E-state index in [0.717, 1.165) is 41.8 Å². The highest BCUT2D eigenvalue weighted by molar-refractivity contribution is 5.90. The Hall–Kier alpha value is -3.22. The Morgan fingerprint density at radius 1 is 1.18 bits per heavy atom. The van der Waals surface area contributed by atoms with Crippen LogP contribution in [0.1, 0.15) is 31.4 Å². The van der Waals surface area contributed by atoms with E-state index in [1.165, 1.54) is 17.1 Å². The number of halogens is 1. The second-order valence-corrected chi connectivity index (χ2v) is 6.89. The van der Waals surface area contributed by atoms with Crippen molar-refractivity contribution in [2.45, 2.75) is 33.1 Å². The Morgan fingerprint density at radius 2 is 2.04 bits per heavy atom. The largest absolute Gasteiger partial charge is 0.354 e. The molecule has 2 aromatic carbocycles. The van der Waals surface area contributed by atoms with Gasteiger partial charge in [-0.25, -0.2) is 19.0 Å². The zero-order valence-electron chi connectivity index (χ0n) is 16.3. The number of fused-ring (bicyclic) bond motifs is 1. The second kappa shape index (κ2) is 7.42. The van der Waals surface area contributed by atoms with Crippen LogP contribution in [0.25, 0.3) is 16.7 Å². The zero-order valence-corrected chi connectivity index (χ0v) is 16.3. The van der Waals surface area contributed by atoms with E-state index < -0.39 is 0 Å². The molecule has 2 heterocycles. The van der Waals surface area contributed by atoms with Crippen LogP contribution >= 0.6 is 0 Å². The van der Waals surface area contributed by atoms with E-state index in [1.807, 2.05) is 25.2 Å². The summed E-state index contributed by atoms with van der Waals surface area (Å²) in [6.07, 6.45) is 4.69. The van der Waals surface area contributed by atoms with Gasteiger partial charge in [0.15, 0.2) is 5.82 Å². The average Bonchev–Trinajstić information content (AvgIpc) is 3.25. The average molecular weight is 378 g/mol. The van der Waals surface area contributed by atoms with Gasteiger partial charge in [0.25, 0.3) is 0 Å². The van der Waals surface area contributed by atoms with Crippen molar-refractivity contribution < 1.29 is 4.39 Å². The number of para-hydroxylation sites is 1. The molecule has 0 fully saturated rings. The van der Waals surface area contributed by atoms with Gasteiger partial charge in [-0.05, 0) is 43.7 Å². The van der Waals surface area contributed by atoms with Gasteiger partial charge in [-0.15, -0.1) is 0 Å². The van der Waals surface area contributed by atoms with Crippen molar-refractivity contribution in [1.82, 2.24) is 24.3 Å². The van der Waals surface area contributed by atoms with Crippen molar-refractivity contribution in [2.75, 3.05) is 5.32 Å². The van der Waals surface area contributed by atoms with Crippen LogP contribution in [0.15, 0.2) is 42.7 Å². The molecular weight excluding hydrogens is 355 g/mol. The molecule has 1 N–H and O–H groups in total. The molecular formula is C21H23FN6. The fraction of sp³-hybridized carbons (Fsp3) is 0.286. The molecule has 4 rings (SSSR count). The molecule has 4 aromatic rings. The van der Waals surface area contributed by atoms with Crippen LogP contribution in [-0.4, -0.2) is 24.3 Å². The lowest BCUT2D eigenvalue weighted by molar-refractivity contribution is 0.611. The van der Waals surface area contributed by atoms with Crippen LogP contribution in [0, 0.1) is 12.7 Å². The van der Waals surface area contributed by atoms with Gasteiger partial charge in [-0.1, -0.05) is 19.4 Å². The van der Waals surface area contributed by atoms with Crippen LogP contribution in [0.2, 0.25) is 0 Å². The van der Waals surface area contributed by atoms with Gasteiger partial charge in [0.05, 0.1) is 11.2 Å². The van der Waals surface area contributed by atoms with Gasteiger partial charge >= 0.3 is 0 Å². The van der Waals surface area contributed by atoms with Crippen LogP contribution in [0.5, 0.6) is 0 Å². The lowest BCUT2D eigenvalue weighted by atomic mass is 10.2. The van der Waals surface area contributed by atoms with Crippen molar-refractivity contribution >= 4 is 22.4 Å². The van der Waals surface area contributed by atoms with Crippen molar-refractivity contribution in [1.29, 1.82) is 0 Å². The maximum absolute atomic E-state index is 14.6. The van der Waals surface area contributed by atoms with Crippen molar-refractivity contribution in [3.63, 3.8) is 0 Å². The molecule has 0 aliphatic heterocycles. The Bertz CT molecular complexity index is 1130. The van der Waals surface area contributed by atoms with E-state index >= 15 is 0 Å². The Balaban J connectivity index is 1.65. The minimum Gasteiger partial charge on any atom is -0.354 e. The molecule has 0 atom stereocenters. The fourth-order valence-corrected chi connectivity index (χ4v) is 3.31. The summed E-state index contributed by atoms with van der Waals surface area (Å²) in [7, 11) is 2.04. The Kier molecular flexibility index (Phi) is 4.81. The topological polar surface area (TPSA) is 60.6 Å². The fourth-order valence-electron chi connectivity index (χ4n) is 3.31. The summed E-state index contributed by atoms with van der Waals surface area (Å²) in [6, 6.07) is 11.0. The third-order valence-corrected chi connectivity index (χ3v) is 4.84. The van der Waals surface area contributed by atoms with Gasteiger partial charge in [0, 0.05) is 19.2 Å². The Labute approximate surface area is 163 Å². The molecule has 144 valence electrons. The van der Waals surface area contributed by atoms with Crippen molar-refractivity contribution in [3.05, 3.63) is 60.2 Å². The van der Waals surface area contributed by atoms with Gasteiger partial charge in [0.2, 0.25) is 0 Å². The molecule has 6 nitrogen and oxygen atoms in total. The summed E-state index contributed by atoms with van der Waals surface area (Å²) in [5.74, 6) is 1.29. The molecule has 0 amide bonds. The molecule has 0 bridgehead atoms. The lowest BCUT2D eigenvalue weighted by Crippen LogP contribution is -2.00. The molecule has 0 aliphatic rings. The number of hydrogen-bond donors (Lipinski definition) is 1. The van der Waals surface area contributed by atoms with Crippen LogP contribution in [-0.2, 0) is 13.5 Å². The number of anilines is 2. The SMILES string of the molecule is CCCCc1nc2c(Nc3ccc(-n4cnc(C)n4)c(F)c3)cccc2n1C. The number of aryl methyl sites for hydroxylation is 3. The molecule has 0 unspecified atom stereocenters. The van der Waals surface area contributed by atoms with E-state index in [-0.39, 0.29) is 5.82 Å². The smallest absolute Gasteiger partial charge is 0.150 e. The highest BCUT2D eigenvalue weighted by atomic mass is 19.1. The van der Waals surface area contributed by atoms with Gasteiger partial charge in [0.1, 0.15) is 29.2 Å². The van der Waals surface area contributed by atoms with Crippen LogP contribution in [0.3, 0.4) is 0 Å². The number of imidazole rings is 1.